The van der Waals surface area contributed by atoms with Gasteiger partial charge in [0.15, 0.2) is 15.0 Å². The van der Waals surface area contributed by atoms with Gasteiger partial charge in [0.25, 0.3) is 0 Å². The number of amides is 1. The van der Waals surface area contributed by atoms with E-state index in [1.807, 2.05) is 30.5 Å². The number of para-hydroxylation sites is 1. The molecule has 0 aliphatic rings. The third-order valence-corrected chi connectivity index (χ3v) is 7.02. The van der Waals surface area contributed by atoms with Crippen molar-refractivity contribution in [3.63, 3.8) is 0 Å². The first-order valence-electron chi connectivity index (χ1n) is 7.94. The van der Waals surface area contributed by atoms with Crippen LogP contribution in [0.3, 0.4) is 0 Å². The summed E-state index contributed by atoms with van der Waals surface area (Å²) in [6.45, 7) is 0. The van der Waals surface area contributed by atoms with E-state index in [0.29, 0.717) is 5.13 Å². The van der Waals surface area contributed by atoms with E-state index >= 15 is 0 Å². The van der Waals surface area contributed by atoms with Gasteiger partial charge in [-0.25, -0.2) is 13.4 Å². The van der Waals surface area contributed by atoms with Crippen LogP contribution in [0, 0.1) is 0 Å². The number of thioether (sulfide) groups is 1. The van der Waals surface area contributed by atoms with E-state index in [2.05, 4.69) is 10.3 Å². The Balaban J connectivity index is 1.60. The summed E-state index contributed by atoms with van der Waals surface area (Å²) in [6.07, 6.45) is 1.89. The highest BCUT2D eigenvalue weighted by atomic mass is 32.2. The van der Waals surface area contributed by atoms with E-state index in [0.717, 1.165) is 20.7 Å². The normalized spacial score (nSPS) is 11.6. The predicted molar refractivity (Wildman–Crippen MR) is 109 cm³/mol. The van der Waals surface area contributed by atoms with Crippen molar-refractivity contribution in [2.24, 2.45) is 0 Å². The maximum absolute atomic E-state index is 12.2. The molecule has 0 aliphatic heterocycles. The van der Waals surface area contributed by atoms with Gasteiger partial charge in [-0.3, -0.25) is 4.79 Å². The highest BCUT2D eigenvalue weighted by Gasteiger charge is 2.16. The SMILES string of the molecule is CSc1cccc2sc(NC(=O)CCS(=O)(=O)Cc3ccccc3)nc12. The first-order chi connectivity index (χ1) is 12.5. The molecule has 1 aromatic heterocycles. The summed E-state index contributed by atoms with van der Waals surface area (Å²) in [4.78, 5) is 17.6. The summed E-state index contributed by atoms with van der Waals surface area (Å²) in [5.41, 5.74) is 1.58. The second-order valence-electron chi connectivity index (χ2n) is 5.70. The zero-order chi connectivity index (χ0) is 18.6. The van der Waals surface area contributed by atoms with Crippen LogP contribution in [-0.2, 0) is 20.4 Å². The molecule has 0 spiro atoms. The summed E-state index contributed by atoms with van der Waals surface area (Å²) in [5, 5.41) is 3.21. The molecule has 0 unspecified atom stereocenters. The zero-order valence-electron chi connectivity index (χ0n) is 14.1. The third kappa shape index (κ3) is 4.84. The van der Waals surface area contributed by atoms with E-state index in [-0.39, 0.29) is 23.8 Å². The van der Waals surface area contributed by atoms with Crippen LogP contribution in [0.4, 0.5) is 5.13 Å². The Morgan fingerprint density at radius 3 is 2.65 bits per heavy atom. The fraction of sp³-hybridized carbons (Fsp3) is 0.222. The third-order valence-electron chi connectivity index (χ3n) is 3.72. The minimum Gasteiger partial charge on any atom is -0.302 e. The number of benzene rings is 2. The van der Waals surface area contributed by atoms with E-state index in [1.54, 1.807) is 36.0 Å². The molecule has 136 valence electrons. The number of thiazole rings is 1. The van der Waals surface area contributed by atoms with Gasteiger partial charge in [-0.05, 0) is 24.0 Å². The summed E-state index contributed by atoms with van der Waals surface area (Å²) < 4.78 is 25.4. The number of fused-ring (bicyclic) bond motifs is 1. The maximum atomic E-state index is 12.2. The number of anilines is 1. The van der Waals surface area contributed by atoms with Gasteiger partial charge in [-0.2, -0.15) is 0 Å². The molecule has 0 saturated carbocycles. The Hall–Kier alpha value is -1.90. The molecule has 0 fully saturated rings. The summed E-state index contributed by atoms with van der Waals surface area (Å²) in [5.74, 6) is -0.583. The van der Waals surface area contributed by atoms with E-state index < -0.39 is 9.84 Å². The molecule has 1 heterocycles. The highest BCUT2D eigenvalue weighted by Crippen LogP contribution is 2.32. The second-order valence-corrected chi connectivity index (χ2v) is 9.76. The molecule has 0 saturated heterocycles. The minimum absolute atomic E-state index is 0.0562. The zero-order valence-corrected chi connectivity index (χ0v) is 16.6. The van der Waals surface area contributed by atoms with Crippen LogP contribution in [0.2, 0.25) is 0 Å². The number of nitrogens with one attached hydrogen (secondary N) is 1. The van der Waals surface area contributed by atoms with Crippen molar-refractivity contribution in [2.75, 3.05) is 17.3 Å². The average Bonchev–Trinajstić information content (AvgIpc) is 3.03. The fourth-order valence-corrected chi connectivity index (χ4v) is 5.35. The Bertz CT molecular complexity index is 1010. The lowest BCUT2D eigenvalue weighted by atomic mass is 10.2. The molecule has 5 nitrogen and oxygen atoms in total. The monoisotopic (exact) mass is 406 g/mol. The van der Waals surface area contributed by atoms with Crippen LogP contribution < -0.4 is 5.32 Å². The van der Waals surface area contributed by atoms with Crippen molar-refractivity contribution in [2.45, 2.75) is 17.1 Å². The van der Waals surface area contributed by atoms with Gasteiger partial charge < -0.3 is 5.32 Å². The number of aromatic nitrogens is 1. The number of sulfone groups is 1. The minimum atomic E-state index is -3.34. The topological polar surface area (TPSA) is 76.1 Å². The smallest absolute Gasteiger partial charge is 0.227 e. The number of hydrogen-bond acceptors (Lipinski definition) is 6. The van der Waals surface area contributed by atoms with Crippen molar-refractivity contribution in [3.8, 4) is 0 Å². The predicted octanol–water partition coefficient (Wildman–Crippen LogP) is 3.96. The van der Waals surface area contributed by atoms with Gasteiger partial charge in [-0.1, -0.05) is 47.7 Å². The van der Waals surface area contributed by atoms with Gasteiger partial charge >= 0.3 is 0 Å². The van der Waals surface area contributed by atoms with Crippen molar-refractivity contribution >= 4 is 54.2 Å². The van der Waals surface area contributed by atoms with Crippen molar-refractivity contribution in [1.29, 1.82) is 0 Å². The average molecular weight is 407 g/mol. The molecular formula is C18H18N2O3S3. The summed E-state index contributed by atoms with van der Waals surface area (Å²) >= 11 is 2.98. The van der Waals surface area contributed by atoms with E-state index in [4.69, 9.17) is 0 Å². The number of rotatable bonds is 7. The molecule has 0 atom stereocenters. The molecule has 3 aromatic rings. The van der Waals surface area contributed by atoms with Crippen molar-refractivity contribution < 1.29 is 13.2 Å². The number of carbonyl (C=O) groups is 1. The largest absolute Gasteiger partial charge is 0.302 e. The Kier molecular flexibility index (Phi) is 5.95. The van der Waals surface area contributed by atoms with Crippen molar-refractivity contribution in [3.05, 3.63) is 54.1 Å². The Morgan fingerprint density at radius 2 is 1.92 bits per heavy atom. The Labute approximate surface area is 160 Å². The standard InChI is InChI=1S/C18H18N2O3S3/c1-24-14-8-5-9-15-17(14)20-18(25-15)19-16(21)10-11-26(22,23)12-13-6-3-2-4-7-13/h2-9H,10-12H2,1H3,(H,19,20,21). The van der Waals surface area contributed by atoms with Crippen LogP contribution in [-0.4, -0.2) is 31.3 Å². The lowest BCUT2D eigenvalue weighted by Crippen LogP contribution is -2.18. The summed E-state index contributed by atoms with van der Waals surface area (Å²) in [6, 6.07) is 14.9. The summed E-state index contributed by atoms with van der Waals surface area (Å²) in [7, 11) is -3.34. The van der Waals surface area contributed by atoms with E-state index in [1.165, 1.54) is 11.3 Å². The molecule has 0 aliphatic carbocycles. The van der Waals surface area contributed by atoms with E-state index in [9.17, 15) is 13.2 Å². The molecule has 1 amide bonds. The molecule has 8 heteroatoms. The molecular weight excluding hydrogens is 388 g/mol. The first kappa shape index (κ1) is 18.9. The number of carbonyl (C=O) groups excluding carboxylic acids is 1. The Morgan fingerprint density at radius 1 is 1.15 bits per heavy atom. The molecule has 3 rings (SSSR count). The molecule has 26 heavy (non-hydrogen) atoms. The van der Waals surface area contributed by atoms with Crippen LogP contribution in [0.25, 0.3) is 10.2 Å². The van der Waals surface area contributed by atoms with Crippen LogP contribution in [0.15, 0.2) is 53.4 Å². The lowest BCUT2D eigenvalue weighted by molar-refractivity contribution is -0.115. The number of hydrogen-bond donors (Lipinski definition) is 1. The quantitative estimate of drug-likeness (QED) is 0.601. The van der Waals surface area contributed by atoms with Gasteiger partial charge in [0.2, 0.25) is 5.91 Å². The van der Waals surface area contributed by atoms with Crippen LogP contribution in [0.1, 0.15) is 12.0 Å². The van der Waals surface area contributed by atoms with Gasteiger partial charge in [-0.15, -0.1) is 11.8 Å². The maximum Gasteiger partial charge on any atom is 0.227 e. The number of nitrogens with zero attached hydrogens (tertiary/aromatic N) is 1. The molecule has 0 bridgehead atoms. The second kappa shape index (κ2) is 8.20. The molecule has 2 aromatic carbocycles. The first-order valence-corrected chi connectivity index (χ1v) is 11.8. The highest BCUT2D eigenvalue weighted by molar-refractivity contribution is 7.98. The van der Waals surface area contributed by atoms with Crippen LogP contribution in [0.5, 0.6) is 0 Å². The fourth-order valence-electron chi connectivity index (χ4n) is 2.47. The molecule has 1 N–H and O–H groups in total. The van der Waals surface area contributed by atoms with Gasteiger partial charge in [0.05, 0.1) is 21.7 Å². The van der Waals surface area contributed by atoms with Crippen molar-refractivity contribution in [1.82, 2.24) is 4.98 Å². The lowest BCUT2D eigenvalue weighted by Gasteiger charge is -2.04. The van der Waals surface area contributed by atoms with Crippen LogP contribution >= 0.6 is 23.1 Å². The van der Waals surface area contributed by atoms with Gasteiger partial charge in [0, 0.05) is 11.3 Å². The molecule has 0 radical (unpaired) electrons. The van der Waals surface area contributed by atoms with Gasteiger partial charge in [0.1, 0.15) is 0 Å².